The number of hydrogen-bond donors (Lipinski definition) is 2. The summed E-state index contributed by atoms with van der Waals surface area (Å²) >= 11 is 0. The summed E-state index contributed by atoms with van der Waals surface area (Å²) in [5.41, 5.74) is 7.57. The summed E-state index contributed by atoms with van der Waals surface area (Å²) in [6.07, 6.45) is 20.7. The molecular formula is C26H40N2O. The molecule has 160 valence electrons. The molecule has 0 saturated heterocycles. The van der Waals surface area contributed by atoms with Crippen molar-refractivity contribution in [3.05, 3.63) is 36.5 Å². The van der Waals surface area contributed by atoms with Gasteiger partial charge in [0.05, 0.1) is 5.41 Å². The van der Waals surface area contributed by atoms with E-state index in [0.717, 1.165) is 44.9 Å². The van der Waals surface area contributed by atoms with Crippen LogP contribution in [-0.2, 0) is 4.79 Å². The lowest BCUT2D eigenvalue weighted by Crippen LogP contribution is -2.62. The zero-order valence-electron chi connectivity index (χ0n) is 18.5. The monoisotopic (exact) mass is 396 g/mol. The SMILES string of the molecule is C=C(/C=C\C=C/C)[C@]12CC3CC(C(=O)N[C@H]4CC[C@H](N)CC4)(C[C@](CC)(C3)C1)C2. The number of nitrogens with two attached hydrogens (primary N) is 1. The molecule has 29 heavy (non-hydrogen) atoms. The first-order valence-electron chi connectivity index (χ1n) is 11.9. The Bertz CT molecular complexity index is 716. The van der Waals surface area contributed by atoms with Gasteiger partial charge in [0.25, 0.3) is 0 Å². The van der Waals surface area contributed by atoms with Crippen molar-refractivity contribution in [1.82, 2.24) is 5.32 Å². The fraction of sp³-hybridized carbons (Fsp3) is 0.731. The number of rotatable bonds is 6. The molecule has 5 rings (SSSR count). The van der Waals surface area contributed by atoms with Crippen molar-refractivity contribution in [2.24, 2.45) is 27.9 Å². The largest absolute Gasteiger partial charge is 0.353 e. The molecule has 3 heteroatoms. The summed E-state index contributed by atoms with van der Waals surface area (Å²) in [6.45, 7) is 8.91. The van der Waals surface area contributed by atoms with Crippen molar-refractivity contribution in [2.75, 3.05) is 0 Å². The average molecular weight is 397 g/mol. The Kier molecular flexibility index (Phi) is 5.57. The second kappa shape index (κ2) is 7.72. The normalized spacial score (nSPS) is 43.9. The first-order chi connectivity index (χ1) is 13.8. The van der Waals surface area contributed by atoms with Crippen LogP contribution in [0.2, 0.25) is 0 Å². The van der Waals surface area contributed by atoms with E-state index < -0.39 is 0 Å². The molecule has 5 aliphatic carbocycles. The molecule has 4 bridgehead atoms. The fourth-order valence-corrected chi connectivity index (χ4v) is 7.71. The van der Waals surface area contributed by atoms with Crippen molar-refractivity contribution < 1.29 is 4.79 Å². The molecule has 5 saturated carbocycles. The summed E-state index contributed by atoms with van der Waals surface area (Å²) in [7, 11) is 0. The van der Waals surface area contributed by atoms with Crippen molar-refractivity contribution >= 4 is 5.91 Å². The van der Waals surface area contributed by atoms with E-state index in [4.69, 9.17) is 5.73 Å². The van der Waals surface area contributed by atoms with Gasteiger partial charge in [0.1, 0.15) is 0 Å². The van der Waals surface area contributed by atoms with Crippen molar-refractivity contribution in [3.8, 4) is 0 Å². The quantitative estimate of drug-likeness (QED) is 0.588. The molecule has 0 radical (unpaired) electrons. The Morgan fingerprint density at radius 1 is 1.07 bits per heavy atom. The molecule has 4 atom stereocenters. The summed E-state index contributed by atoms with van der Waals surface area (Å²) in [6, 6.07) is 0.642. The highest BCUT2D eigenvalue weighted by atomic mass is 16.2. The Balaban J connectivity index is 1.58. The Morgan fingerprint density at radius 2 is 1.76 bits per heavy atom. The molecule has 5 aliphatic rings. The molecule has 0 spiro atoms. The Hall–Kier alpha value is -1.35. The molecule has 0 heterocycles. The van der Waals surface area contributed by atoms with Gasteiger partial charge in [-0.2, -0.15) is 0 Å². The molecule has 3 nitrogen and oxygen atoms in total. The summed E-state index contributed by atoms with van der Waals surface area (Å²) in [5.74, 6) is 1.01. The first kappa shape index (κ1) is 20.9. The van der Waals surface area contributed by atoms with Crippen LogP contribution in [0.25, 0.3) is 0 Å². The number of nitrogens with one attached hydrogen (secondary N) is 1. The molecule has 5 fully saturated rings. The lowest BCUT2D eigenvalue weighted by atomic mass is 9.37. The molecule has 0 aromatic heterocycles. The van der Waals surface area contributed by atoms with Crippen LogP contribution in [-0.4, -0.2) is 18.0 Å². The Morgan fingerprint density at radius 3 is 2.45 bits per heavy atom. The molecule has 0 aliphatic heterocycles. The highest BCUT2D eigenvalue weighted by Gasteiger charge is 2.65. The van der Waals surface area contributed by atoms with Gasteiger partial charge in [-0.1, -0.05) is 44.2 Å². The van der Waals surface area contributed by atoms with E-state index in [1.807, 2.05) is 6.92 Å². The third-order valence-electron chi connectivity index (χ3n) is 8.80. The third-order valence-corrected chi connectivity index (χ3v) is 8.80. The maximum Gasteiger partial charge on any atom is 0.226 e. The minimum atomic E-state index is -0.188. The van der Waals surface area contributed by atoms with E-state index in [2.05, 4.69) is 43.1 Å². The van der Waals surface area contributed by atoms with Crippen LogP contribution in [0.3, 0.4) is 0 Å². The first-order valence-corrected chi connectivity index (χ1v) is 11.9. The van der Waals surface area contributed by atoms with E-state index in [0.29, 0.717) is 29.3 Å². The van der Waals surface area contributed by atoms with Crippen LogP contribution in [0.1, 0.15) is 84.5 Å². The number of carbonyl (C=O) groups excluding carboxylic acids is 1. The topological polar surface area (TPSA) is 55.1 Å². The van der Waals surface area contributed by atoms with Crippen LogP contribution in [0.4, 0.5) is 0 Å². The zero-order chi connectivity index (χ0) is 20.7. The lowest BCUT2D eigenvalue weighted by Gasteiger charge is -2.66. The van der Waals surface area contributed by atoms with E-state index >= 15 is 0 Å². The summed E-state index contributed by atoms with van der Waals surface area (Å²) < 4.78 is 0. The van der Waals surface area contributed by atoms with Crippen LogP contribution < -0.4 is 11.1 Å². The molecular weight excluding hydrogens is 356 g/mol. The van der Waals surface area contributed by atoms with Gasteiger partial charge in [0.2, 0.25) is 5.91 Å². The third kappa shape index (κ3) is 3.76. The van der Waals surface area contributed by atoms with E-state index in [1.54, 1.807) is 0 Å². The number of hydrogen-bond acceptors (Lipinski definition) is 2. The average Bonchev–Trinajstić information content (AvgIpc) is 2.69. The van der Waals surface area contributed by atoms with E-state index in [-0.39, 0.29) is 10.8 Å². The van der Waals surface area contributed by atoms with Gasteiger partial charge < -0.3 is 11.1 Å². The standard InChI is InChI=1S/C26H40N2O/c1-4-6-7-8-19(3)25-14-20-13-24(5-2,16-25)17-26(15-20,18-25)23(29)28-22-11-9-21(27)10-12-22/h4,6-8,20-22H,3,5,9-18,27H2,1-2H3,(H,28,29)/b6-4-,8-7-/t20?,21-,22-,24-,25-,26?/m1/s1. The fourth-order valence-electron chi connectivity index (χ4n) is 7.71. The minimum Gasteiger partial charge on any atom is -0.353 e. The van der Waals surface area contributed by atoms with E-state index in [9.17, 15) is 4.79 Å². The lowest BCUT2D eigenvalue weighted by molar-refractivity contribution is -0.170. The molecule has 0 aromatic carbocycles. The second-order valence-electron chi connectivity index (χ2n) is 10.9. The van der Waals surface area contributed by atoms with Gasteiger partial charge in [-0.15, -0.1) is 0 Å². The summed E-state index contributed by atoms with van der Waals surface area (Å²) in [4.78, 5) is 13.7. The highest BCUT2D eigenvalue weighted by molar-refractivity contribution is 5.84. The summed E-state index contributed by atoms with van der Waals surface area (Å²) in [5, 5.41) is 3.49. The van der Waals surface area contributed by atoms with Crippen molar-refractivity contribution in [2.45, 2.75) is 96.6 Å². The van der Waals surface area contributed by atoms with Gasteiger partial charge in [-0.25, -0.2) is 0 Å². The maximum atomic E-state index is 13.7. The smallest absolute Gasteiger partial charge is 0.226 e. The van der Waals surface area contributed by atoms with Gasteiger partial charge in [0.15, 0.2) is 0 Å². The molecule has 2 unspecified atom stereocenters. The molecule has 0 aromatic rings. The van der Waals surface area contributed by atoms with Crippen LogP contribution in [0.15, 0.2) is 36.5 Å². The van der Waals surface area contributed by atoms with Crippen LogP contribution in [0, 0.1) is 22.2 Å². The van der Waals surface area contributed by atoms with E-state index in [1.165, 1.54) is 31.3 Å². The molecule has 3 N–H and O–H groups in total. The van der Waals surface area contributed by atoms with Crippen LogP contribution >= 0.6 is 0 Å². The second-order valence-corrected chi connectivity index (χ2v) is 10.9. The van der Waals surface area contributed by atoms with Crippen molar-refractivity contribution in [3.63, 3.8) is 0 Å². The van der Waals surface area contributed by atoms with Gasteiger partial charge in [-0.3, -0.25) is 4.79 Å². The Labute approximate surface area is 177 Å². The maximum absolute atomic E-state index is 13.7. The van der Waals surface area contributed by atoms with Gasteiger partial charge >= 0.3 is 0 Å². The minimum absolute atomic E-state index is 0.111. The van der Waals surface area contributed by atoms with Gasteiger partial charge in [0, 0.05) is 12.1 Å². The number of amides is 1. The number of allylic oxidation sites excluding steroid dienone is 5. The predicted octanol–water partition coefficient (Wildman–Crippen LogP) is 5.43. The van der Waals surface area contributed by atoms with Crippen molar-refractivity contribution in [1.29, 1.82) is 0 Å². The number of carbonyl (C=O) groups is 1. The highest BCUT2D eigenvalue weighted by Crippen LogP contribution is 2.72. The van der Waals surface area contributed by atoms with Gasteiger partial charge in [-0.05, 0) is 93.5 Å². The zero-order valence-corrected chi connectivity index (χ0v) is 18.5. The van der Waals surface area contributed by atoms with Crippen LogP contribution in [0.5, 0.6) is 0 Å². The molecule has 1 amide bonds. The predicted molar refractivity (Wildman–Crippen MR) is 120 cm³/mol.